The van der Waals surface area contributed by atoms with Crippen LogP contribution in [0.15, 0.2) is 12.7 Å². The van der Waals surface area contributed by atoms with Crippen LogP contribution in [-0.4, -0.2) is 18.4 Å². The first-order chi connectivity index (χ1) is 8.74. The summed E-state index contributed by atoms with van der Waals surface area (Å²) in [5.74, 6) is 0.936. The van der Waals surface area contributed by atoms with Crippen molar-refractivity contribution in [3.63, 3.8) is 0 Å². The van der Waals surface area contributed by atoms with Gasteiger partial charge in [0.1, 0.15) is 0 Å². The Bertz CT molecular complexity index is 212. The van der Waals surface area contributed by atoms with E-state index < -0.39 is 18.4 Å². The van der Waals surface area contributed by atoms with Gasteiger partial charge in [0.15, 0.2) is 0 Å². The first-order valence-corrected chi connectivity index (χ1v) is 16.1. The van der Waals surface area contributed by atoms with Crippen molar-refractivity contribution < 1.29 is 0 Å². The van der Waals surface area contributed by atoms with Crippen LogP contribution < -0.4 is 0 Å². The number of hydrogen-bond acceptors (Lipinski definition) is 0. The van der Waals surface area contributed by atoms with Crippen molar-refractivity contribution in [2.24, 2.45) is 5.92 Å². The predicted octanol–water partition coefficient (Wildman–Crippen LogP) is 6.41. The van der Waals surface area contributed by atoms with Crippen molar-refractivity contribution in [3.8, 4) is 0 Å². The summed E-state index contributed by atoms with van der Waals surface area (Å²) in [6.45, 7) is 11.2. The van der Waals surface area contributed by atoms with Crippen LogP contribution in [0.2, 0.25) is 17.2 Å². The van der Waals surface area contributed by atoms with Gasteiger partial charge in [0.25, 0.3) is 0 Å². The van der Waals surface area contributed by atoms with Gasteiger partial charge in [-0.3, -0.25) is 0 Å². The van der Waals surface area contributed by atoms with Gasteiger partial charge in [0.05, 0.1) is 0 Å². The molecular weight excluding hydrogens is 323 g/mol. The normalized spacial score (nSPS) is 23.1. The van der Waals surface area contributed by atoms with Crippen LogP contribution in [0.5, 0.6) is 0 Å². The minimum atomic E-state index is -1.82. The monoisotopic (exact) mass is 358 g/mol. The van der Waals surface area contributed by atoms with Crippen molar-refractivity contribution in [1.82, 2.24) is 0 Å². The van der Waals surface area contributed by atoms with Crippen LogP contribution in [0, 0.1) is 5.92 Å². The Hall–Kier alpha value is 0.539. The van der Waals surface area contributed by atoms with E-state index in [1.165, 1.54) is 48.9 Å². The molecule has 0 aliphatic heterocycles. The van der Waals surface area contributed by atoms with Gasteiger partial charge in [-0.25, -0.2) is 0 Å². The average molecular weight is 357 g/mol. The first-order valence-electron chi connectivity index (χ1n) is 8.36. The van der Waals surface area contributed by atoms with Crippen LogP contribution in [0.25, 0.3) is 0 Å². The molecular formula is C17H34Sn. The molecule has 0 N–H and O–H groups in total. The molecule has 1 fully saturated rings. The molecule has 1 aliphatic carbocycles. The molecule has 0 aromatic carbocycles. The summed E-state index contributed by atoms with van der Waals surface area (Å²) in [6, 6.07) is 0. The van der Waals surface area contributed by atoms with Crippen molar-refractivity contribution in [1.29, 1.82) is 0 Å². The molecule has 0 spiro atoms. The fraction of sp³-hybridized carbons (Fsp3) is 0.882. The number of hydrogen-bond donors (Lipinski definition) is 0. The number of rotatable bonds is 11. The van der Waals surface area contributed by atoms with Crippen molar-refractivity contribution in [3.05, 3.63) is 12.7 Å². The van der Waals surface area contributed by atoms with Crippen LogP contribution >= 0.6 is 0 Å². The zero-order valence-corrected chi connectivity index (χ0v) is 15.9. The topological polar surface area (TPSA) is 0 Å². The fourth-order valence-corrected chi connectivity index (χ4v) is 23.3. The molecule has 1 heteroatoms. The summed E-state index contributed by atoms with van der Waals surface area (Å²) in [5, 5.41) is 0. The maximum absolute atomic E-state index is 4.06. The SMILES string of the molecule is C=C[C@H]1C[C@@H]1[Sn]([CH2]CCC)([CH2]CCC)[CH2]CCC. The molecule has 2 atom stereocenters. The van der Waals surface area contributed by atoms with E-state index in [9.17, 15) is 0 Å². The molecule has 1 saturated carbocycles. The Morgan fingerprint density at radius 1 is 0.944 bits per heavy atom. The average Bonchev–Trinajstić information content (AvgIpc) is 3.18. The number of allylic oxidation sites excluding steroid dienone is 1. The Morgan fingerprint density at radius 3 is 1.67 bits per heavy atom. The van der Waals surface area contributed by atoms with Gasteiger partial charge in [-0.05, 0) is 0 Å². The van der Waals surface area contributed by atoms with Gasteiger partial charge in [-0.2, -0.15) is 0 Å². The molecule has 0 radical (unpaired) electrons. The summed E-state index contributed by atoms with van der Waals surface area (Å²) in [5.41, 5.74) is 0. The van der Waals surface area contributed by atoms with E-state index in [0.29, 0.717) is 0 Å². The molecule has 0 aromatic rings. The summed E-state index contributed by atoms with van der Waals surface area (Å²) in [6.07, 6.45) is 12.6. The van der Waals surface area contributed by atoms with E-state index in [-0.39, 0.29) is 0 Å². The van der Waals surface area contributed by atoms with Gasteiger partial charge >= 0.3 is 120 Å². The Labute approximate surface area is 120 Å². The van der Waals surface area contributed by atoms with Crippen LogP contribution in [0.1, 0.15) is 65.7 Å². The van der Waals surface area contributed by atoms with Crippen molar-refractivity contribution >= 4 is 18.4 Å². The molecule has 0 heterocycles. The van der Waals surface area contributed by atoms with Crippen LogP contribution in [0.3, 0.4) is 0 Å². The predicted molar refractivity (Wildman–Crippen MR) is 87.0 cm³/mol. The first kappa shape index (κ1) is 16.6. The van der Waals surface area contributed by atoms with E-state index in [1.54, 1.807) is 13.3 Å². The Balaban J connectivity index is 2.68. The van der Waals surface area contributed by atoms with Gasteiger partial charge in [-0.15, -0.1) is 0 Å². The van der Waals surface area contributed by atoms with E-state index in [2.05, 4.69) is 33.4 Å². The molecule has 106 valence electrons. The number of unbranched alkanes of at least 4 members (excludes halogenated alkanes) is 3. The quantitative estimate of drug-likeness (QED) is 0.296. The van der Waals surface area contributed by atoms with Gasteiger partial charge in [-0.1, -0.05) is 0 Å². The van der Waals surface area contributed by atoms with Crippen molar-refractivity contribution in [2.75, 3.05) is 0 Å². The summed E-state index contributed by atoms with van der Waals surface area (Å²) in [7, 11) is 0. The third-order valence-corrected chi connectivity index (χ3v) is 23.0. The van der Waals surface area contributed by atoms with E-state index in [0.717, 1.165) is 5.92 Å². The van der Waals surface area contributed by atoms with Crippen LogP contribution in [0.4, 0.5) is 0 Å². The van der Waals surface area contributed by atoms with Gasteiger partial charge in [0, 0.05) is 0 Å². The van der Waals surface area contributed by atoms with Crippen molar-refractivity contribution in [2.45, 2.75) is 83.0 Å². The standard InChI is InChI=1S/C5H7.3C4H9.Sn/c1-2-5-3-4-5;3*1-3-4-2;/h2-3,5H,1,4H2;3*1,3-4H2,2H3;/t5-;;;;/m1..../s1. The summed E-state index contributed by atoms with van der Waals surface area (Å²) >= 11 is -1.82. The summed E-state index contributed by atoms with van der Waals surface area (Å²) in [4.78, 5) is 0. The molecule has 0 amide bonds. The Morgan fingerprint density at radius 2 is 1.39 bits per heavy atom. The minimum absolute atomic E-state index is 0.936. The second-order valence-electron chi connectivity index (χ2n) is 6.41. The maximum atomic E-state index is 4.06. The zero-order valence-electron chi connectivity index (χ0n) is 13.0. The molecule has 0 aromatic heterocycles. The fourth-order valence-electron chi connectivity index (χ4n) is 3.70. The second-order valence-corrected chi connectivity index (χ2v) is 20.6. The molecule has 18 heavy (non-hydrogen) atoms. The molecule has 0 saturated heterocycles. The molecule has 1 rings (SSSR count). The molecule has 1 aliphatic rings. The third-order valence-electron chi connectivity index (χ3n) is 5.01. The zero-order chi connectivity index (χ0) is 13.4. The van der Waals surface area contributed by atoms with Gasteiger partial charge in [0.2, 0.25) is 0 Å². The Kier molecular flexibility index (Phi) is 7.98. The third kappa shape index (κ3) is 4.58. The molecule has 0 nitrogen and oxygen atoms in total. The van der Waals surface area contributed by atoms with Gasteiger partial charge < -0.3 is 0 Å². The second kappa shape index (κ2) is 8.66. The van der Waals surface area contributed by atoms with E-state index in [4.69, 9.17) is 0 Å². The summed E-state index contributed by atoms with van der Waals surface area (Å²) < 4.78 is 6.22. The van der Waals surface area contributed by atoms with E-state index in [1.807, 2.05) is 0 Å². The van der Waals surface area contributed by atoms with E-state index >= 15 is 0 Å². The molecule has 0 unspecified atom stereocenters. The van der Waals surface area contributed by atoms with Crippen LogP contribution in [-0.2, 0) is 0 Å². The molecule has 0 bridgehead atoms.